The molecule has 13 heavy (non-hydrogen) atoms. The summed E-state index contributed by atoms with van der Waals surface area (Å²) in [4.78, 5) is 12.5. The largest absolute Gasteiger partial charge is 0.410 e. The van der Waals surface area contributed by atoms with Gasteiger partial charge in [-0.2, -0.15) is 0 Å². The number of likely N-dealkylation sites (N-methyl/N-ethyl adjacent to an activating group) is 1. The average Bonchev–Trinajstić information content (AvgIpc) is 2.08. The minimum Gasteiger partial charge on any atom is -0.304 e. The highest BCUT2D eigenvalue weighted by Gasteiger charge is 2.18. The number of carbonyl (C=O) groups excluding carboxylic acids is 1. The Kier molecular flexibility index (Phi) is 3.95. The van der Waals surface area contributed by atoms with Crippen molar-refractivity contribution < 1.29 is 9.18 Å². The molecule has 1 amide bonds. The summed E-state index contributed by atoms with van der Waals surface area (Å²) in [6.07, 6.45) is -1.40. The van der Waals surface area contributed by atoms with Crippen LogP contribution in [0.4, 0.5) is 9.18 Å². The first-order chi connectivity index (χ1) is 6.09. The molecule has 1 saturated heterocycles. The third kappa shape index (κ3) is 3.50. The first-order valence-electron chi connectivity index (χ1n) is 4.14. The molecule has 0 aliphatic carbocycles. The van der Waals surface area contributed by atoms with Gasteiger partial charge in [0.05, 0.1) is 0 Å². The number of rotatable bonds is 2. The Bertz CT molecular complexity index is 185. The van der Waals surface area contributed by atoms with Gasteiger partial charge < -0.3 is 4.90 Å². The molecule has 0 atom stereocenters. The molecule has 76 valence electrons. The fourth-order valence-corrected chi connectivity index (χ4v) is 1.81. The zero-order chi connectivity index (χ0) is 9.84. The fourth-order valence-electron chi connectivity index (χ4n) is 1.08. The number of hydrogen-bond donors (Lipinski definition) is 0. The summed E-state index contributed by atoms with van der Waals surface area (Å²) in [6.45, 7) is 3.64. The van der Waals surface area contributed by atoms with E-state index in [9.17, 15) is 9.18 Å². The standard InChI is InChI=1S/C7H14FN3OS/c1-9-3-5-11(6-4-9)13-10(2)7(8)12/h3-6H2,1-2H3. The second kappa shape index (κ2) is 4.78. The fraction of sp³-hybridized carbons (Fsp3) is 0.857. The highest BCUT2D eigenvalue weighted by Crippen LogP contribution is 2.16. The zero-order valence-corrected chi connectivity index (χ0v) is 8.68. The van der Waals surface area contributed by atoms with E-state index in [1.54, 1.807) is 0 Å². The maximum absolute atomic E-state index is 12.2. The lowest BCUT2D eigenvalue weighted by Gasteiger charge is -2.32. The quantitative estimate of drug-likeness (QED) is 0.380. The van der Waals surface area contributed by atoms with Gasteiger partial charge in [-0.1, -0.05) is 0 Å². The first kappa shape index (κ1) is 10.7. The lowest BCUT2D eigenvalue weighted by atomic mass is 10.4. The Morgan fingerprint density at radius 1 is 1.38 bits per heavy atom. The molecule has 0 saturated carbocycles. The van der Waals surface area contributed by atoms with Crippen LogP contribution >= 0.6 is 12.1 Å². The zero-order valence-electron chi connectivity index (χ0n) is 7.86. The van der Waals surface area contributed by atoms with Crippen LogP contribution in [-0.2, 0) is 0 Å². The maximum Gasteiger partial charge on any atom is 0.410 e. The van der Waals surface area contributed by atoms with Gasteiger partial charge in [0.2, 0.25) is 0 Å². The van der Waals surface area contributed by atoms with Crippen molar-refractivity contribution in [3.8, 4) is 0 Å². The van der Waals surface area contributed by atoms with Gasteiger partial charge in [-0.15, -0.1) is 4.39 Å². The number of halogens is 1. The van der Waals surface area contributed by atoms with Gasteiger partial charge in [0.25, 0.3) is 0 Å². The van der Waals surface area contributed by atoms with Crippen molar-refractivity contribution >= 4 is 18.3 Å². The minimum absolute atomic E-state index is 0.860. The van der Waals surface area contributed by atoms with E-state index in [4.69, 9.17) is 0 Å². The molecule has 0 aromatic heterocycles. The normalized spacial score (nSPS) is 20.2. The highest BCUT2D eigenvalue weighted by atomic mass is 32.2. The molecule has 0 radical (unpaired) electrons. The van der Waals surface area contributed by atoms with E-state index in [-0.39, 0.29) is 0 Å². The molecule has 1 fully saturated rings. The molecule has 0 spiro atoms. The third-order valence-corrected chi connectivity index (χ3v) is 2.93. The lowest BCUT2D eigenvalue weighted by molar-refractivity contribution is 0.204. The van der Waals surface area contributed by atoms with E-state index >= 15 is 0 Å². The number of amides is 1. The summed E-state index contributed by atoms with van der Waals surface area (Å²) in [6, 6.07) is 0. The second-order valence-corrected chi connectivity index (χ2v) is 4.29. The van der Waals surface area contributed by atoms with Gasteiger partial charge in [0, 0.05) is 45.4 Å². The SMILES string of the molecule is CN1CCN(SN(C)C(=O)F)CC1. The van der Waals surface area contributed by atoms with Gasteiger partial charge in [-0.25, -0.2) is 13.4 Å². The van der Waals surface area contributed by atoms with Crippen LogP contribution < -0.4 is 0 Å². The van der Waals surface area contributed by atoms with Crippen molar-refractivity contribution in [2.45, 2.75) is 0 Å². The van der Waals surface area contributed by atoms with E-state index in [0.29, 0.717) is 0 Å². The van der Waals surface area contributed by atoms with Gasteiger partial charge in [0.15, 0.2) is 0 Å². The topological polar surface area (TPSA) is 26.8 Å². The molecule has 1 heterocycles. The molecule has 0 aromatic rings. The van der Waals surface area contributed by atoms with Gasteiger partial charge in [-0.3, -0.25) is 0 Å². The van der Waals surface area contributed by atoms with Gasteiger partial charge >= 0.3 is 6.16 Å². The third-order valence-electron chi connectivity index (χ3n) is 1.95. The van der Waals surface area contributed by atoms with Crippen molar-refractivity contribution in [2.75, 3.05) is 40.3 Å². The molecule has 0 unspecified atom stereocenters. The lowest BCUT2D eigenvalue weighted by Crippen LogP contribution is -2.42. The van der Waals surface area contributed by atoms with E-state index in [1.807, 2.05) is 11.4 Å². The Labute approximate surface area is 81.9 Å². The molecule has 1 aliphatic heterocycles. The number of hydrogen-bond acceptors (Lipinski definition) is 4. The van der Waals surface area contributed by atoms with Crippen LogP contribution in [0.2, 0.25) is 0 Å². The Morgan fingerprint density at radius 3 is 2.38 bits per heavy atom. The number of nitrogens with zero attached hydrogens (tertiary/aromatic N) is 3. The summed E-state index contributed by atoms with van der Waals surface area (Å²) in [7, 11) is 3.48. The van der Waals surface area contributed by atoms with Crippen LogP contribution in [0.15, 0.2) is 0 Å². The molecule has 0 bridgehead atoms. The monoisotopic (exact) mass is 207 g/mol. The Hall–Kier alpha value is -0.330. The summed E-state index contributed by atoms with van der Waals surface area (Å²) in [5.41, 5.74) is 0. The summed E-state index contributed by atoms with van der Waals surface area (Å²) in [5, 5.41) is 0. The van der Waals surface area contributed by atoms with E-state index in [2.05, 4.69) is 4.90 Å². The van der Waals surface area contributed by atoms with Crippen molar-refractivity contribution in [1.29, 1.82) is 0 Å². The van der Waals surface area contributed by atoms with Gasteiger partial charge in [0.1, 0.15) is 0 Å². The predicted octanol–water partition coefficient (Wildman–Crippen LogP) is 0.818. The van der Waals surface area contributed by atoms with Gasteiger partial charge in [-0.05, 0) is 7.05 Å². The maximum atomic E-state index is 12.2. The molecule has 0 N–H and O–H groups in total. The van der Waals surface area contributed by atoms with E-state index < -0.39 is 6.16 Å². The van der Waals surface area contributed by atoms with Crippen LogP contribution in [0.5, 0.6) is 0 Å². The molecule has 1 aliphatic rings. The molecule has 6 heteroatoms. The van der Waals surface area contributed by atoms with E-state index in [0.717, 1.165) is 42.6 Å². The first-order valence-corrected chi connectivity index (χ1v) is 4.87. The molecule has 1 rings (SSSR count). The van der Waals surface area contributed by atoms with Crippen molar-refractivity contribution in [3.05, 3.63) is 0 Å². The minimum atomic E-state index is -1.40. The smallest absolute Gasteiger partial charge is 0.304 e. The highest BCUT2D eigenvalue weighted by molar-refractivity contribution is 7.95. The Balaban J connectivity index is 2.26. The summed E-state index contributed by atoms with van der Waals surface area (Å²) < 4.78 is 15.1. The van der Waals surface area contributed by atoms with Crippen LogP contribution in [0, 0.1) is 0 Å². The number of carbonyl (C=O) groups is 1. The summed E-state index contributed by atoms with van der Waals surface area (Å²) in [5.74, 6) is 0. The van der Waals surface area contributed by atoms with Crippen LogP contribution in [0.25, 0.3) is 0 Å². The predicted molar refractivity (Wildman–Crippen MR) is 50.9 cm³/mol. The summed E-state index contributed by atoms with van der Waals surface area (Å²) >= 11 is 1.15. The number of piperazine rings is 1. The average molecular weight is 207 g/mol. The molecule has 4 nitrogen and oxygen atoms in total. The molecular formula is C7H14FN3OS. The van der Waals surface area contributed by atoms with Crippen molar-refractivity contribution in [1.82, 2.24) is 13.5 Å². The Morgan fingerprint density at radius 2 is 1.92 bits per heavy atom. The molecular weight excluding hydrogens is 193 g/mol. The van der Waals surface area contributed by atoms with Crippen LogP contribution in [0.1, 0.15) is 0 Å². The second-order valence-electron chi connectivity index (χ2n) is 3.06. The van der Waals surface area contributed by atoms with Crippen molar-refractivity contribution in [2.24, 2.45) is 0 Å². The molecule has 0 aromatic carbocycles. The van der Waals surface area contributed by atoms with Crippen molar-refractivity contribution in [3.63, 3.8) is 0 Å². The van der Waals surface area contributed by atoms with Crippen LogP contribution in [0.3, 0.4) is 0 Å². The van der Waals surface area contributed by atoms with Crippen LogP contribution in [-0.4, -0.2) is 59.9 Å². The van der Waals surface area contributed by atoms with E-state index in [1.165, 1.54) is 7.05 Å².